The number of likely N-dealkylation sites (tertiary alicyclic amines) is 1. The Kier molecular flexibility index (Phi) is 10.7. The Morgan fingerprint density at radius 3 is 2.68 bits per heavy atom. The van der Waals surface area contributed by atoms with Gasteiger partial charge in [0.2, 0.25) is 0 Å². The SMILES string of the molecule is CNCC(CC(C)(C)C)NC(=O)N1CCC[C@@H]([C@@](O)(CCCCOC)c2cccc(F)c2F)C1. The highest BCUT2D eigenvalue weighted by Gasteiger charge is 2.43. The summed E-state index contributed by atoms with van der Waals surface area (Å²) < 4.78 is 34.0. The molecule has 0 aromatic heterocycles. The molecule has 3 atom stereocenters. The molecule has 3 N–H and O–H groups in total. The maximum absolute atomic E-state index is 14.8. The zero-order chi connectivity index (χ0) is 25.4. The lowest BCUT2D eigenvalue weighted by Gasteiger charge is -2.43. The Labute approximate surface area is 203 Å². The van der Waals surface area contributed by atoms with E-state index in [-0.39, 0.29) is 36.0 Å². The van der Waals surface area contributed by atoms with Crippen LogP contribution in [0.4, 0.5) is 13.6 Å². The predicted octanol–water partition coefficient (Wildman–Crippen LogP) is 4.41. The lowest BCUT2D eigenvalue weighted by Crippen LogP contribution is -2.54. The Bertz CT molecular complexity index is 787. The number of nitrogens with one attached hydrogen (secondary N) is 2. The number of carbonyl (C=O) groups is 1. The van der Waals surface area contributed by atoms with Crippen LogP contribution in [0.5, 0.6) is 0 Å². The average molecular weight is 484 g/mol. The molecule has 1 aromatic carbocycles. The molecule has 6 nitrogen and oxygen atoms in total. The van der Waals surface area contributed by atoms with Crippen molar-refractivity contribution >= 4 is 6.03 Å². The van der Waals surface area contributed by atoms with E-state index in [1.165, 1.54) is 12.1 Å². The predicted molar refractivity (Wildman–Crippen MR) is 131 cm³/mol. The first kappa shape index (κ1) is 28.5. The first-order chi connectivity index (χ1) is 16.0. The monoisotopic (exact) mass is 483 g/mol. The molecule has 8 heteroatoms. The molecule has 1 fully saturated rings. The van der Waals surface area contributed by atoms with Gasteiger partial charge in [-0.1, -0.05) is 32.9 Å². The third-order valence-corrected chi connectivity index (χ3v) is 6.60. The first-order valence-corrected chi connectivity index (χ1v) is 12.4. The van der Waals surface area contributed by atoms with Gasteiger partial charge in [0.25, 0.3) is 0 Å². The topological polar surface area (TPSA) is 73.8 Å². The van der Waals surface area contributed by atoms with Crippen LogP contribution in [0.25, 0.3) is 0 Å². The van der Waals surface area contributed by atoms with Gasteiger partial charge < -0.3 is 25.4 Å². The molecule has 1 saturated heterocycles. The van der Waals surface area contributed by atoms with E-state index in [9.17, 15) is 18.7 Å². The molecule has 194 valence electrons. The van der Waals surface area contributed by atoms with E-state index >= 15 is 0 Å². The van der Waals surface area contributed by atoms with Crippen molar-refractivity contribution in [1.29, 1.82) is 0 Å². The number of carbonyl (C=O) groups excluding carboxylic acids is 1. The zero-order valence-corrected chi connectivity index (χ0v) is 21.4. The molecule has 0 bridgehead atoms. The quantitative estimate of drug-likeness (QED) is 0.408. The van der Waals surface area contributed by atoms with Gasteiger partial charge in [-0.15, -0.1) is 0 Å². The summed E-state index contributed by atoms with van der Waals surface area (Å²) in [4.78, 5) is 14.9. The summed E-state index contributed by atoms with van der Waals surface area (Å²) in [5, 5.41) is 18.1. The van der Waals surface area contributed by atoms with Crippen LogP contribution in [0, 0.1) is 23.0 Å². The van der Waals surface area contributed by atoms with Crippen LogP contribution in [0.2, 0.25) is 0 Å². The molecule has 0 radical (unpaired) electrons. The van der Waals surface area contributed by atoms with Gasteiger partial charge in [-0.2, -0.15) is 0 Å². The van der Waals surface area contributed by atoms with Crippen LogP contribution >= 0.6 is 0 Å². The molecule has 34 heavy (non-hydrogen) atoms. The maximum Gasteiger partial charge on any atom is 0.317 e. The molecule has 2 rings (SSSR count). The third-order valence-electron chi connectivity index (χ3n) is 6.60. The van der Waals surface area contributed by atoms with E-state index in [0.29, 0.717) is 45.4 Å². The van der Waals surface area contributed by atoms with E-state index < -0.39 is 23.2 Å². The smallest absolute Gasteiger partial charge is 0.317 e. The molecule has 0 spiro atoms. The number of ether oxygens (including phenoxy) is 1. The molecular formula is C26H43F2N3O3. The number of piperidine rings is 1. The maximum atomic E-state index is 14.8. The second-order valence-corrected chi connectivity index (χ2v) is 10.7. The number of nitrogens with zero attached hydrogens (tertiary/aromatic N) is 1. The third kappa shape index (κ3) is 7.89. The van der Waals surface area contributed by atoms with Crippen LogP contribution < -0.4 is 10.6 Å². The van der Waals surface area contributed by atoms with Crippen LogP contribution in [-0.2, 0) is 10.3 Å². The number of halogens is 2. The summed E-state index contributed by atoms with van der Waals surface area (Å²) in [6.45, 7) is 8.43. The highest BCUT2D eigenvalue weighted by atomic mass is 19.2. The lowest BCUT2D eigenvalue weighted by molar-refractivity contribution is -0.0591. The zero-order valence-electron chi connectivity index (χ0n) is 21.4. The van der Waals surface area contributed by atoms with E-state index in [1.54, 1.807) is 12.0 Å². The number of hydrogen-bond donors (Lipinski definition) is 3. The Morgan fingerprint density at radius 1 is 1.29 bits per heavy atom. The summed E-state index contributed by atoms with van der Waals surface area (Å²) in [6, 6.07) is 3.72. The molecular weight excluding hydrogens is 440 g/mol. The Morgan fingerprint density at radius 2 is 2.03 bits per heavy atom. The van der Waals surface area contributed by atoms with Gasteiger partial charge >= 0.3 is 6.03 Å². The Balaban J connectivity index is 2.22. The number of rotatable bonds is 11. The fourth-order valence-electron chi connectivity index (χ4n) is 5.01. The molecule has 1 unspecified atom stereocenters. The molecule has 1 aliphatic rings. The van der Waals surface area contributed by atoms with Gasteiger partial charge in [-0.25, -0.2) is 13.6 Å². The minimum absolute atomic E-state index is 0.0297. The summed E-state index contributed by atoms with van der Waals surface area (Å²) in [7, 11) is 3.47. The molecule has 1 aliphatic heterocycles. The van der Waals surface area contributed by atoms with E-state index in [4.69, 9.17) is 4.74 Å². The number of urea groups is 1. The normalized spacial score (nSPS) is 19.5. The molecule has 0 aliphatic carbocycles. The van der Waals surface area contributed by atoms with Gasteiger partial charge in [0.15, 0.2) is 11.6 Å². The van der Waals surface area contributed by atoms with Crippen molar-refractivity contribution in [3.05, 3.63) is 35.4 Å². The van der Waals surface area contributed by atoms with Crippen LogP contribution in [0.3, 0.4) is 0 Å². The average Bonchev–Trinajstić information content (AvgIpc) is 2.77. The fraction of sp³-hybridized carbons (Fsp3) is 0.731. The van der Waals surface area contributed by atoms with Crippen molar-refractivity contribution in [3.63, 3.8) is 0 Å². The molecule has 0 saturated carbocycles. The number of hydrogen-bond acceptors (Lipinski definition) is 4. The second-order valence-electron chi connectivity index (χ2n) is 10.7. The number of likely N-dealkylation sites (N-methyl/N-ethyl adjacent to an activating group) is 1. The molecule has 2 amide bonds. The number of benzene rings is 1. The van der Waals surface area contributed by atoms with Crippen molar-refractivity contribution in [1.82, 2.24) is 15.5 Å². The number of amides is 2. The van der Waals surface area contributed by atoms with Gasteiger partial charge in [0.1, 0.15) is 0 Å². The van der Waals surface area contributed by atoms with Gasteiger partial charge in [-0.05, 0) is 57.1 Å². The standard InChI is InChI=1S/C26H43F2N3O3/c1-25(2,3)16-20(17-29-4)30-24(32)31-14-9-10-19(18-31)26(33,13-6-7-15-34-5)21-11-8-12-22(27)23(21)28/h8,11-12,19-20,29,33H,6-7,9-10,13-18H2,1-5H3,(H,30,32)/t19-,20?,26+/m1/s1. The first-order valence-electron chi connectivity index (χ1n) is 12.4. The number of methoxy groups -OCH3 is 1. The van der Waals surface area contributed by atoms with Crippen LogP contribution in [-0.4, -0.2) is 62.5 Å². The van der Waals surface area contributed by atoms with Crippen molar-refractivity contribution < 1.29 is 23.4 Å². The minimum atomic E-state index is -1.57. The van der Waals surface area contributed by atoms with Crippen molar-refractivity contribution in [2.24, 2.45) is 11.3 Å². The Hall–Kier alpha value is -1.77. The summed E-state index contributed by atoms with van der Waals surface area (Å²) >= 11 is 0. The number of aliphatic hydroxyl groups is 1. The van der Waals surface area contributed by atoms with Crippen molar-refractivity contribution in [2.45, 2.75) is 70.9 Å². The van der Waals surface area contributed by atoms with Crippen LogP contribution in [0.1, 0.15) is 64.9 Å². The van der Waals surface area contributed by atoms with Gasteiger partial charge in [-0.3, -0.25) is 0 Å². The summed E-state index contributed by atoms with van der Waals surface area (Å²) in [6.07, 6.45) is 3.69. The van der Waals surface area contributed by atoms with E-state index in [0.717, 1.165) is 12.5 Å². The van der Waals surface area contributed by atoms with E-state index in [2.05, 4.69) is 31.4 Å². The molecule has 1 heterocycles. The van der Waals surface area contributed by atoms with E-state index in [1.807, 2.05) is 7.05 Å². The number of unbranched alkanes of at least 4 members (excludes halogenated alkanes) is 1. The molecule has 1 aromatic rings. The van der Waals surface area contributed by atoms with Crippen molar-refractivity contribution in [2.75, 3.05) is 40.4 Å². The second kappa shape index (κ2) is 12.8. The summed E-state index contributed by atoms with van der Waals surface area (Å²) in [5.41, 5.74) is -1.55. The highest BCUT2D eigenvalue weighted by molar-refractivity contribution is 5.74. The summed E-state index contributed by atoms with van der Waals surface area (Å²) in [5.74, 6) is -2.40. The fourth-order valence-corrected chi connectivity index (χ4v) is 5.01. The minimum Gasteiger partial charge on any atom is -0.385 e. The largest absolute Gasteiger partial charge is 0.385 e. The highest BCUT2D eigenvalue weighted by Crippen LogP contribution is 2.41. The van der Waals surface area contributed by atoms with Gasteiger partial charge in [0, 0.05) is 50.9 Å². The lowest BCUT2D eigenvalue weighted by atomic mass is 9.74. The van der Waals surface area contributed by atoms with Crippen LogP contribution in [0.15, 0.2) is 18.2 Å². The van der Waals surface area contributed by atoms with Crippen molar-refractivity contribution in [3.8, 4) is 0 Å². The van der Waals surface area contributed by atoms with Gasteiger partial charge in [0.05, 0.1) is 5.60 Å².